The minimum Gasteiger partial charge on any atom is -0.325 e. The fraction of sp³-hybridized carbons (Fsp3) is 0.167. The molecule has 174 valence electrons. The number of carbonyl (C=O) groups is 1. The number of aromatic nitrogens is 1. The minimum absolute atomic E-state index is 0.125. The number of amides is 1. The number of nitrogens with one attached hydrogen (secondary N) is 1. The predicted octanol–water partition coefficient (Wildman–Crippen LogP) is 7.33. The summed E-state index contributed by atoms with van der Waals surface area (Å²) in [6, 6.07) is 28.2. The van der Waals surface area contributed by atoms with Gasteiger partial charge in [0, 0.05) is 16.8 Å². The van der Waals surface area contributed by atoms with Crippen molar-refractivity contribution in [2.75, 3.05) is 5.32 Å². The number of thioether (sulfide) groups is 1. The molecule has 5 heteroatoms. The van der Waals surface area contributed by atoms with E-state index in [1.807, 2.05) is 107 Å². The van der Waals surface area contributed by atoms with Crippen LogP contribution in [0.15, 0.2) is 83.9 Å². The molecule has 0 aliphatic heterocycles. The van der Waals surface area contributed by atoms with Gasteiger partial charge in [0.15, 0.2) is 0 Å². The van der Waals surface area contributed by atoms with Gasteiger partial charge in [-0.15, -0.1) is 0 Å². The Morgan fingerprint density at radius 2 is 1.57 bits per heavy atom. The van der Waals surface area contributed by atoms with E-state index in [0.29, 0.717) is 10.6 Å². The molecule has 1 N–H and O–H groups in total. The van der Waals surface area contributed by atoms with Gasteiger partial charge in [-0.05, 0) is 50.5 Å². The van der Waals surface area contributed by atoms with Crippen LogP contribution in [-0.4, -0.2) is 16.1 Å². The largest absolute Gasteiger partial charge is 0.325 e. The van der Waals surface area contributed by atoms with Crippen LogP contribution in [-0.2, 0) is 4.79 Å². The molecule has 0 aliphatic rings. The maximum absolute atomic E-state index is 13.1. The van der Waals surface area contributed by atoms with Crippen molar-refractivity contribution < 1.29 is 4.79 Å². The topological polar surface area (TPSA) is 65.8 Å². The average Bonchev–Trinajstić information content (AvgIpc) is 2.86. The zero-order chi connectivity index (χ0) is 24.9. The number of anilines is 1. The monoisotopic (exact) mass is 477 g/mol. The standard InChI is InChI=1S/C30H27N3OS/c1-19-13-15-24(16-14-19)27-17-25(23-11-6-5-7-12-23)26(18-31)30(32-27)35-22(4)29(34)33-28-20(2)9-8-10-21(28)3/h5-17,22H,1-4H3,(H,33,34). The van der Waals surface area contributed by atoms with Gasteiger partial charge in [0.1, 0.15) is 11.1 Å². The Balaban J connectivity index is 1.74. The van der Waals surface area contributed by atoms with E-state index in [1.165, 1.54) is 11.8 Å². The molecular formula is C30H27N3OS. The fourth-order valence-corrected chi connectivity index (χ4v) is 4.82. The molecule has 1 unspecified atom stereocenters. The van der Waals surface area contributed by atoms with E-state index in [1.54, 1.807) is 0 Å². The summed E-state index contributed by atoms with van der Waals surface area (Å²) in [4.78, 5) is 18.0. The van der Waals surface area contributed by atoms with Crippen LogP contribution in [0.25, 0.3) is 22.4 Å². The quantitative estimate of drug-likeness (QED) is 0.295. The summed E-state index contributed by atoms with van der Waals surface area (Å²) in [5.74, 6) is -0.125. The number of hydrogen-bond acceptors (Lipinski definition) is 4. The molecule has 0 bridgehead atoms. The Bertz CT molecular complexity index is 1390. The van der Waals surface area contributed by atoms with Gasteiger partial charge >= 0.3 is 0 Å². The third kappa shape index (κ3) is 5.45. The summed E-state index contributed by atoms with van der Waals surface area (Å²) >= 11 is 1.31. The molecular weight excluding hydrogens is 450 g/mol. The molecule has 1 atom stereocenters. The van der Waals surface area contributed by atoms with Gasteiger partial charge in [-0.1, -0.05) is 90.1 Å². The van der Waals surface area contributed by atoms with E-state index in [-0.39, 0.29) is 5.91 Å². The number of hydrogen-bond donors (Lipinski definition) is 1. The van der Waals surface area contributed by atoms with Crippen LogP contribution < -0.4 is 5.32 Å². The molecule has 0 aliphatic carbocycles. The van der Waals surface area contributed by atoms with Crippen LogP contribution in [0.4, 0.5) is 5.69 Å². The molecule has 0 fully saturated rings. The minimum atomic E-state index is -0.453. The highest BCUT2D eigenvalue weighted by molar-refractivity contribution is 8.00. The van der Waals surface area contributed by atoms with E-state index < -0.39 is 5.25 Å². The number of para-hydroxylation sites is 1. The highest BCUT2D eigenvalue weighted by Gasteiger charge is 2.22. The Kier molecular flexibility index (Phi) is 7.33. The van der Waals surface area contributed by atoms with Crippen molar-refractivity contribution in [1.82, 2.24) is 4.98 Å². The van der Waals surface area contributed by atoms with Gasteiger partial charge in [-0.3, -0.25) is 4.79 Å². The SMILES string of the molecule is Cc1ccc(-c2cc(-c3ccccc3)c(C#N)c(SC(C)C(=O)Nc3c(C)cccc3C)n2)cc1. The van der Waals surface area contributed by atoms with Crippen molar-refractivity contribution in [2.45, 2.75) is 38.0 Å². The van der Waals surface area contributed by atoms with Crippen molar-refractivity contribution in [2.24, 2.45) is 0 Å². The average molecular weight is 478 g/mol. The van der Waals surface area contributed by atoms with E-state index in [9.17, 15) is 10.1 Å². The number of aryl methyl sites for hydroxylation is 3. The van der Waals surface area contributed by atoms with Gasteiger partial charge in [-0.25, -0.2) is 4.98 Å². The van der Waals surface area contributed by atoms with Crippen molar-refractivity contribution in [3.05, 3.63) is 101 Å². The molecule has 0 saturated heterocycles. The van der Waals surface area contributed by atoms with Crippen LogP contribution in [0.2, 0.25) is 0 Å². The summed E-state index contributed by atoms with van der Waals surface area (Å²) < 4.78 is 0. The molecule has 35 heavy (non-hydrogen) atoms. The van der Waals surface area contributed by atoms with Crippen LogP contribution in [0.1, 0.15) is 29.2 Å². The summed E-state index contributed by atoms with van der Waals surface area (Å²) in [6.45, 7) is 7.85. The lowest BCUT2D eigenvalue weighted by Crippen LogP contribution is -2.23. The Labute approximate surface area is 211 Å². The molecule has 1 aromatic heterocycles. The van der Waals surface area contributed by atoms with E-state index in [2.05, 4.69) is 11.4 Å². The molecule has 4 aromatic rings. The predicted molar refractivity (Wildman–Crippen MR) is 144 cm³/mol. The molecule has 0 saturated carbocycles. The van der Waals surface area contributed by atoms with Gasteiger partial charge in [-0.2, -0.15) is 5.26 Å². The number of rotatable bonds is 6. The van der Waals surface area contributed by atoms with Crippen molar-refractivity contribution in [1.29, 1.82) is 5.26 Å². The second-order valence-electron chi connectivity index (χ2n) is 8.60. The zero-order valence-electron chi connectivity index (χ0n) is 20.3. The first-order valence-electron chi connectivity index (χ1n) is 11.5. The smallest absolute Gasteiger partial charge is 0.237 e. The van der Waals surface area contributed by atoms with Crippen molar-refractivity contribution in [3.63, 3.8) is 0 Å². The number of benzene rings is 3. The number of nitriles is 1. The first-order chi connectivity index (χ1) is 16.9. The molecule has 3 aromatic carbocycles. The van der Waals surface area contributed by atoms with Crippen LogP contribution in [0.5, 0.6) is 0 Å². The van der Waals surface area contributed by atoms with E-state index >= 15 is 0 Å². The van der Waals surface area contributed by atoms with Gasteiger partial charge in [0.25, 0.3) is 0 Å². The lowest BCUT2D eigenvalue weighted by molar-refractivity contribution is -0.115. The summed E-state index contributed by atoms with van der Waals surface area (Å²) in [7, 11) is 0. The van der Waals surface area contributed by atoms with Gasteiger partial charge in [0.2, 0.25) is 5.91 Å². The normalized spacial score (nSPS) is 11.5. The maximum Gasteiger partial charge on any atom is 0.237 e. The number of pyridine rings is 1. The van der Waals surface area contributed by atoms with Gasteiger partial charge in [0.05, 0.1) is 16.5 Å². The van der Waals surface area contributed by atoms with Gasteiger partial charge < -0.3 is 5.32 Å². The lowest BCUT2D eigenvalue weighted by Gasteiger charge is -2.17. The second-order valence-corrected chi connectivity index (χ2v) is 9.92. The number of nitrogens with zero attached hydrogens (tertiary/aromatic N) is 2. The van der Waals surface area contributed by atoms with E-state index in [4.69, 9.17) is 4.98 Å². The summed E-state index contributed by atoms with van der Waals surface area (Å²) in [5.41, 5.74) is 7.98. The van der Waals surface area contributed by atoms with Crippen LogP contribution in [0.3, 0.4) is 0 Å². The van der Waals surface area contributed by atoms with Crippen molar-refractivity contribution >= 4 is 23.4 Å². The second kappa shape index (κ2) is 10.6. The Morgan fingerprint density at radius 3 is 2.20 bits per heavy atom. The number of carbonyl (C=O) groups excluding carboxylic acids is 1. The molecule has 4 nitrogen and oxygen atoms in total. The van der Waals surface area contributed by atoms with Crippen LogP contribution in [0, 0.1) is 32.1 Å². The lowest BCUT2D eigenvalue weighted by atomic mass is 9.99. The maximum atomic E-state index is 13.1. The highest BCUT2D eigenvalue weighted by Crippen LogP contribution is 2.36. The molecule has 0 spiro atoms. The van der Waals surface area contributed by atoms with E-state index in [0.717, 1.165) is 44.8 Å². The highest BCUT2D eigenvalue weighted by atomic mass is 32.2. The fourth-order valence-electron chi connectivity index (χ4n) is 3.89. The third-order valence-electron chi connectivity index (χ3n) is 5.92. The molecule has 0 radical (unpaired) electrons. The van der Waals surface area contributed by atoms with Crippen molar-refractivity contribution in [3.8, 4) is 28.5 Å². The third-order valence-corrected chi connectivity index (χ3v) is 7.00. The first kappa shape index (κ1) is 24.3. The van der Waals surface area contributed by atoms with Crippen LogP contribution >= 0.6 is 11.8 Å². The summed E-state index contributed by atoms with van der Waals surface area (Å²) in [5, 5.41) is 13.3. The first-order valence-corrected chi connectivity index (χ1v) is 12.4. The molecule has 1 heterocycles. The molecule has 1 amide bonds. The molecule has 4 rings (SSSR count). The zero-order valence-corrected chi connectivity index (χ0v) is 21.1. The Morgan fingerprint density at radius 1 is 0.914 bits per heavy atom. The Hall–Kier alpha value is -3.88. The summed E-state index contributed by atoms with van der Waals surface area (Å²) in [6.07, 6.45) is 0.